The van der Waals surface area contributed by atoms with Crippen LogP contribution in [0.3, 0.4) is 0 Å². The van der Waals surface area contributed by atoms with E-state index in [9.17, 15) is 55.2 Å². The Bertz CT molecular complexity index is 4990. The van der Waals surface area contributed by atoms with E-state index in [4.69, 9.17) is 49.1 Å². The van der Waals surface area contributed by atoms with Crippen molar-refractivity contribution < 1.29 is 143 Å². The van der Waals surface area contributed by atoms with E-state index in [2.05, 4.69) is 58.5 Å². The van der Waals surface area contributed by atoms with Crippen LogP contribution in [0.15, 0.2) is 71.5 Å². The van der Waals surface area contributed by atoms with Crippen molar-refractivity contribution in [3.05, 3.63) is 87.6 Å². The molecule has 2 aromatic carbocycles. The third-order valence-corrected chi connectivity index (χ3v) is 31.6. The van der Waals surface area contributed by atoms with Crippen LogP contribution in [0.4, 0.5) is 9.59 Å². The van der Waals surface area contributed by atoms with E-state index in [0.29, 0.717) is 94.5 Å². The first kappa shape index (κ1) is 104. The van der Waals surface area contributed by atoms with Gasteiger partial charge in [-0.05, 0) is 208 Å². The Morgan fingerprint density at radius 3 is 1.34 bits per heavy atom. The van der Waals surface area contributed by atoms with Gasteiger partial charge in [-0.15, -0.1) is 22.7 Å². The van der Waals surface area contributed by atoms with Crippen LogP contribution in [0.2, 0.25) is 0 Å². The number of aliphatic hydroxyl groups is 1. The molecule has 36 heteroatoms. The third-order valence-electron chi connectivity index (χ3n) is 26.3. The number of nitrogens with one attached hydrogen (secondary N) is 3. The molecule has 4 aromatic heterocycles. The van der Waals surface area contributed by atoms with Gasteiger partial charge in [0.1, 0.15) is 56.5 Å². The predicted molar refractivity (Wildman–Crippen MR) is 489 cm³/mol. The second kappa shape index (κ2) is 44.4. The summed E-state index contributed by atoms with van der Waals surface area (Å²) in [5.41, 5.74) is 3.20. The van der Waals surface area contributed by atoms with Crippen molar-refractivity contribution in [1.29, 1.82) is 0 Å². The number of amides is 6. The van der Waals surface area contributed by atoms with Crippen LogP contribution in [-0.2, 0) is 58.3 Å². The number of para-hydroxylation sites is 2. The number of hydrogen-bond acceptors (Lipinski definition) is 24. The number of aromatic nitrogens is 6. The van der Waals surface area contributed by atoms with Crippen molar-refractivity contribution in [3.8, 4) is 33.2 Å². The fourth-order valence-corrected chi connectivity index (χ4v) is 23.7. The van der Waals surface area contributed by atoms with E-state index >= 15 is 0 Å². The van der Waals surface area contributed by atoms with Gasteiger partial charge < -0.3 is 59.1 Å². The van der Waals surface area contributed by atoms with Crippen LogP contribution in [0.5, 0.6) is 12.0 Å². The Morgan fingerprint density at radius 2 is 0.931 bits per heavy atom. The van der Waals surface area contributed by atoms with Gasteiger partial charge in [0.05, 0.1) is 74.2 Å². The van der Waals surface area contributed by atoms with Crippen LogP contribution in [-0.4, -0.2) is 194 Å². The summed E-state index contributed by atoms with van der Waals surface area (Å²) < 4.78 is 86.7. The summed E-state index contributed by atoms with van der Waals surface area (Å²) in [4.78, 5) is 137. The molecule has 30 nitrogen and oxygen atoms in total. The van der Waals surface area contributed by atoms with Crippen LogP contribution >= 0.6 is 22.7 Å². The number of nitrogens with zero attached hydrogens (tertiary/aromatic N) is 9. The van der Waals surface area contributed by atoms with Gasteiger partial charge in [-0.2, -0.15) is 17.1 Å². The number of ether oxygens (including phenoxy) is 4. The number of imidazole rings is 2. The van der Waals surface area contributed by atoms with Crippen LogP contribution in [0.25, 0.3) is 47.9 Å². The molecule has 130 heavy (non-hydrogen) atoms. The van der Waals surface area contributed by atoms with Gasteiger partial charge in [-0.1, -0.05) is 101 Å². The second-order valence-electron chi connectivity index (χ2n) is 38.9. The molecular formula is C94H130N12Na2O18S4. The molecule has 16 rings (SSSR count). The number of sulfonamides is 2. The zero-order valence-corrected chi connectivity index (χ0v) is 85.4. The minimum Gasteiger partial charge on any atom is -0.857 e. The molecule has 700 valence electrons. The zero-order chi connectivity index (χ0) is 92.0. The number of carbonyl (C=O) groups excluding carboxylic acids is 8. The monoisotopic (exact) mass is 1890 g/mol. The first-order valence-electron chi connectivity index (χ1n) is 46.2. The topological polar surface area (TPSA) is 403 Å². The molecule has 0 unspecified atom stereocenters. The number of fused-ring (bicyclic) bond motifs is 6. The predicted octanol–water partition coefficient (Wildman–Crippen LogP) is 9.63. The van der Waals surface area contributed by atoms with Crippen LogP contribution < -0.4 is 89.1 Å². The average Bonchev–Trinajstić information content (AvgIpc) is 1.58. The van der Waals surface area contributed by atoms with Gasteiger partial charge in [0.2, 0.25) is 27.7 Å². The number of carbonyl (C=O) groups is 8. The molecular weight excluding hydrogens is 1760 g/mol. The first-order valence-corrected chi connectivity index (χ1v) is 51.0. The van der Waals surface area contributed by atoms with Crippen molar-refractivity contribution in [2.75, 3.05) is 27.3 Å². The number of ketones is 2. The summed E-state index contributed by atoms with van der Waals surface area (Å²) in [6, 6.07) is 8.73. The van der Waals surface area contributed by atoms with Crippen molar-refractivity contribution in [2.24, 2.45) is 22.7 Å². The Labute approximate surface area is 817 Å². The molecule has 10 aliphatic rings. The quantitative estimate of drug-likeness (QED) is 0.0459. The normalized spacial score (nSPS) is 26.1. The molecule has 4 N–H and O–H groups in total. The largest absolute Gasteiger partial charge is 1.00 e. The number of aliphatic hydroxyl groups excluding tert-OH is 1. The van der Waals surface area contributed by atoms with E-state index in [1.165, 1.54) is 48.3 Å². The number of allylic oxidation sites excluding steroid dienone is 4. The maximum atomic E-state index is 14.8. The SMILES string of the molecule is CC(C)n1c(O[C@@H]2C[C@H]3C(=O)C[C@]4(C(=O)NS(=O)(=O)C5CC5)C[C@H]4/C=C\CCCCC[C@H](NC(=O)OC(C)(C)C)C(=O)N3C2)nc2c(-c3nc(C4CCCCC4)cs3)cccc21.CC(C)n1c(O[C@@H]2C[C@H]3C(=O)C[C@]4(C(=O)[N-]S(=O)(=O)C5CC5)C[C@H]4/C=C\CCCCC[C@H](NC(=O)OC(C)(C)C)C(=O)N3C2)nc2c(-c3nc(C4CCCCC4)cs3)cccc21.CO.C[O-].[Na+].[Na+]. The summed E-state index contributed by atoms with van der Waals surface area (Å²) in [7, 11) is -6.10. The Hall–Kier alpha value is -6.70. The smallest absolute Gasteiger partial charge is 0.857 e. The van der Waals surface area contributed by atoms with E-state index in [-0.39, 0.29) is 133 Å². The maximum Gasteiger partial charge on any atom is 1.00 e. The molecule has 8 heterocycles. The van der Waals surface area contributed by atoms with E-state index < -0.39 is 125 Å². The van der Waals surface area contributed by atoms with Crippen molar-refractivity contribution in [2.45, 2.75) is 344 Å². The molecule has 4 aliphatic heterocycles. The Morgan fingerprint density at radius 1 is 0.538 bits per heavy atom. The minimum atomic E-state index is -3.99. The number of rotatable bonds is 18. The maximum absolute atomic E-state index is 14.8. The average molecular weight is 1890 g/mol. The standard InChI is InChI=1S/2C46H62N6O8S2.CH4O.CH3O.2Na/c2*1-28(2)52-36-20-14-18-33(40-47-35(27-61-40)29-15-10-9-11-16-29)39(36)49-43(52)59-31-23-37-38(53)25-46(42(55)50-62(57,58)32-21-22-32)24-30(46)17-12-7-6-8-13-19-34(41(54)51(37)26-31)48-44(56)60-45(3,4)5;2*1-2;;/h12,14,17-18,20,27-32,34,37H,6-11,13,15-16,19,21-26H2,1-5H3,(H,48,56)(H,50,55);12,14,17-18,20,27-32,34,37H,6-11,13,15-16,19,21-26H2,1-5H3,(H2,48,50,55,56);2H,1H3;1H3;;/q;;;-1;2*+1/p-1/b2*17-12-;;;;/t2*30-,31-,34+,37+,46-;;;;/m11..../s1. The third kappa shape index (κ3) is 24.9. The van der Waals surface area contributed by atoms with Crippen LogP contribution in [0.1, 0.15) is 297 Å². The Balaban J connectivity index is 0.000000239. The summed E-state index contributed by atoms with van der Waals surface area (Å²) >= 11 is 3.25. The number of hydrogen-bond donors (Lipinski definition) is 4. The van der Waals surface area contributed by atoms with E-state index in [1.807, 2.05) is 69.8 Å². The number of thiazole rings is 2. The van der Waals surface area contributed by atoms with Gasteiger partial charge in [0.25, 0.3) is 12.0 Å². The number of Topliss-reactive ketones (excluding diaryl/α,β-unsaturated/α-hetero) is 2. The summed E-state index contributed by atoms with van der Waals surface area (Å²) in [6.45, 7) is 18.8. The fraction of sp³-hybridized carbons (Fsp3) is 0.660. The summed E-state index contributed by atoms with van der Waals surface area (Å²) in [5.74, 6) is -2.80. The van der Waals surface area contributed by atoms with Crippen molar-refractivity contribution >= 4 is 112 Å². The minimum absolute atomic E-state index is 0. The molecule has 6 amide bonds. The fourth-order valence-electron chi connectivity index (χ4n) is 19.2. The molecule has 0 bridgehead atoms. The van der Waals surface area contributed by atoms with Gasteiger partial charge >= 0.3 is 71.3 Å². The summed E-state index contributed by atoms with van der Waals surface area (Å²) in [5, 5.41) is 25.8. The van der Waals surface area contributed by atoms with Gasteiger partial charge in [-0.3, -0.25) is 37.8 Å². The second-order valence-corrected chi connectivity index (χ2v) is 44.4. The molecule has 8 fully saturated rings. The zero-order valence-electron chi connectivity index (χ0n) is 78.2. The molecule has 6 aromatic rings. The van der Waals surface area contributed by atoms with E-state index in [0.717, 1.165) is 127 Å². The van der Waals surface area contributed by atoms with Crippen LogP contribution in [0, 0.1) is 22.7 Å². The number of benzene rings is 2. The van der Waals surface area contributed by atoms with Gasteiger partial charge in [-0.25, -0.2) is 36.4 Å². The number of alkyl carbamates (subject to hydrolysis) is 2. The Kier molecular flexibility index (Phi) is 35.5. The van der Waals surface area contributed by atoms with Gasteiger partial charge in [0, 0.05) is 89.3 Å². The molecule has 6 saturated carbocycles. The first-order chi connectivity index (χ1) is 61.1. The van der Waals surface area contributed by atoms with E-state index in [1.54, 1.807) is 64.2 Å². The molecule has 0 spiro atoms. The van der Waals surface area contributed by atoms with Gasteiger partial charge in [0.15, 0.2) is 11.6 Å². The molecule has 2 saturated heterocycles. The molecule has 0 radical (unpaired) electrons. The van der Waals surface area contributed by atoms with Crippen molar-refractivity contribution in [3.63, 3.8) is 0 Å². The summed E-state index contributed by atoms with van der Waals surface area (Å²) in [6.07, 6.45) is 25.9. The van der Waals surface area contributed by atoms with Crippen molar-refractivity contribution in [1.82, 2.24) is 54.2 Å². The molecule has 6 aliphatic carbocycles. The molecule has 10 atom stereocenters.